The molecular formula is C16H14BrN3O4S. The first-order valence-corrected chi connectivity index (χ1v) is 9.43. The van der Waals surface area contributed by atoms with Crippen LogP contribution < -0.4 is 0 Å². The lowest BCUT2D eigenvalue weighted by atomic mass is 10.2. The van der Waals surface area contributed by atoms with E-state index in [0.29, 0.717) is 16.5 Å². The maximum Gasteiger partial charge on any atom is 0.407 e. The van der Waals surface area contributed by atoms with Crippen molar-refractivity contribution < 1.29 is 18.3 Å². The second-order valence-electron chi connectivity index (χ2n) is 5.44. The smallest absolute Gasteiger partial charge is 0.407 e. The number of hydrogen-bond acceptors (Lipinski definition) is 4. The Kier molecular flexibility index (Phi) is 4.53. The number of carbonyl (C=O) groups is 1. The number of nitrogens with zero attached hydrogens (tertiary/aromatic N) is 3. The summed E-state index contributed by atoms with van der Waals surface area (Å²) in [5, 5.41) is 9.76. The normalized spacial score (nSPS) is 11.6. The van der Waals surface area contributed by atoms with Gasteiger partial charge in [-0.15, -0.1) is 0 Å². The molecule has 2 heterocycles. The third kappa shape index (κ3) is 3.24. The van der Waals surface area contributed by atoms with E-state index in [0.717, 1.165) is 13.3 Å². The Morgan fingerprint density at radius 1 is 1.36 bits per heavy atom. The van der Waals surface area contributed by atoms with Gasteiger partial charge in [-0.1, -0.05) is 22.0 Å². The van der Waals surface area contributed by atoms with Crippen molar-refractivity contribution in [2.45, 2.75) is 11.4 Å². The highest BCUT2D eigenvalue weighted by Crippen LogP contribution is 2.29. The van der Waals surface area contributed by atoms with Crippen LogP contribution in [0.2, 0.25) is 0 Å². The number of fused-ring (bicyclic) bond motifs is 1. The van der Waals surface area contributed by atoms with Gasteiger partial charge in [0.05, 0.1) is 12.1 Å². The summed E-state index contributed by atoms with van der Waals surface area (Å²) >= 11 is 3.35. The predicted molar refractivity (Wildman–Crippen MR) is 96.0 cm³/mol. The van der Waals surface area contributed by atoms with Crippen LogP contribution in [-0.2, 0) is 16.6 Å². The highest BCUT2D eigenvalue weighted by molar-refractivity contribution is 9.10. The third-order valence-corrected chi connectivity index (χ3v) is 5.89. The van der Waals surface area contributed by atoms with Crippen molar-refractivity contribution in [1.82, 2.24) is 13.9 Å². The molecule has 2 aromatic heterocycles. The molecule has 1 amide bonds. The quantitative estimate of drug-likeness (QED) is 0.695. The van der Waals surface area contributed by atoms with Crippen LogP contribution in [0.5, 0.6) is 0 Å². The molecule has 0 bridgehead atoms. The van der Waals surface area contributed by atoms with Gasteiger partial charge in [0.25, 0.3) is 10.0 Å². The zero-order valence-corrected chi connectivity index (χ0v) is 15.5. The molecule has 0 radical (unpaired) electrons. The van der Waals surface area contributed by atoms with Gasteiger partial charge in [-0.3, -0.25) is 4.98 Å². The first-order valence-electron chi connectivity index (χ1n) is 7.20. The van der Waals surface area contributed by atoms with Gasteiger partial charge in [-0.25, -0.2) is 17.2 Å². The van der Waals surface area contributed by atoms with Gasteiger partial charge in [-0.05, 0) is 29.8 Å². The first-order chi connectivity index (χ1) is 11.8. The fourth-order valence-electron chi connectivity index (χ4n) is 2.50. The molecule has 0 atom stereocenters. The highest BCUT2D eigenvalue weighted by atomic mass is 79.9. The van der Waals surface area contributed by atoms with E-state index in [1.54, 1.807) is 24.3 Å². The van der Waals surface area contributed by atoms with Gasteiger partial charge in [0.2, 0.25) is 0 Å². The van der Waals surface area contributed by atoms with Crippen LogP contribution in [0.4, 0.5) is 4.79 Å². The first kappa shape index (κ1) is 17.4. The molecule has 0 unspecified atom stereocenters. The van der Waals surface area contributed by atoms with Crippen LogP contribution in [0.25, 0.3) is 10.9 Å². The number of rotatable bonds is 4. The molecule has 0 fully saturated rings. The second-order valence-corrected chi connectivity index (χ2v) is 8.17. The molecule has 1 N–H and O–H groups in total. The van der Waals surface area contributed by atoms with Crippen molar-refractivity contribution >= 4 is 42.9 Å². The van der Waals surface area contributed by atoms with E-state index in [4.69, 9.17) is 5.11 Å². The lowest BCUT2D eigenvalue weighted by molar-refractivity contribution is 0.154. The molecule has 0 saturated carbocycles. The van der Waals surface area contributed by atoms with E-state index < -0.39 is 16.1 Å². The minimum atomic E-state index is -3.85. The Morgan fingerprint density at radius 3 is 2.76 bits per heavy atom. The topological polar surface area (TPSA) is 92.5 Å². The maximum absolute atomic E-state index is 13.0. The maximum atomic E-state index is 13.0. The van der Waals surface area contributed by atoms with Crippen molar-refractivity contribution in [3.05, 3.63) is 59.0 Å². The zero-order chi connectivity index (χ0) is 18.2. The van der Waals surface area contributed by atoms with Gasteiger partial charge in [0.1, 0.15) is 4.90 Å². The molecule has 0 aliphatic rings. The van der Waals surface area contributed by atoms with E-state index in [1.807, 2.05) is 0 Å². The van der Waals surface area contributed by atoms with Gasteiger partial charge < -0.3 is 10.0 Å². The standard InChI is InChI=1S/C16H14BrN3O4S/c1-19(16(21)22)9-11-10-20(15-7-12(17)4-5-14(11)15)25(23,24)13-3-2-6-18-8-13/h2-8,10H,9H2,1H3,(H,21,22). The average Bonchev–Trinajstić information content (AvgIpc) is 2.94. The van der Waals surface area contributed by atoms with Crippen LogP contribution in [0.1, 0.15) is 5.56 Å². The zero-order valence-electron chi connectivity index (χ0n) is 13.1. The molecule has 9 heteroatoms. The Balaban J connectivity index is 2.22. The van der Waals surface area contributed by atoms with Gasteiger partial charge in [-0.2, -0.15) is 0 Å². The van der Waals surface area contributed by atoms with Gasteiger partial charge in [0.15, 0.2) is 0 Å². The molecule has 3 aromatic rings. The summed E-state index contributed by atoms with van der Waals surface area (Å²) in [5.41, 5.74) is 1.06. The monoisotopic (exact) mass is 423 g/mol. The lowest BCUT2D eigenvalue weighted by Gasteiger charge is -2.11. The second kappa shape index (κ2) is 6.49. The summed E-state index contributed by atoms with van der Waals surface area (Å²) in [5.74, 6) is 0. The SMILES string of the molecule is CN(Cc1cn(S(=O)(=O)c2cccnc2)c2cc(Br)ccc12)C(=O)O. The van der Waals surface area contributed by atoms with Crippen molar-refractivity contribution in [3.8, 4) is 0 Å². The molecule has 25 heavy (non-hydrogen) atoms. The number of hydrogen-bond donors (Lipinski definition) is 1. The summed E-state index contributed by atoms with van der Waals surface area (Å²) < 4.78 is 27.8. The van der Waals surface area contributed by atoms with Crippen LogP contribution in [0.3, 0.4) is 0 Å². The highest BCUT2D eigenvalue weighted by Gasteiger charge is 2.22. The Hall–Kier alpha value is -2.39. The third-order valence-electron chi connectivity index (χ3n) is 3.74. The summed E-state index contributed by atoms with van der Waals surface area (Å²) in [6, 6.07) is 8.25. The van der Waals surface area contributed by atoms with Crippen molar-refractivity contribution in [1.29, 1.82) is 0 Å². The Labute approximate surface area is 152 Å². The van der Waals surface area contributed by atoms with Gasteiger partial charge in [0, 0.05) is 35.5 Å². The van der Waals surface area contributed by atoms with Crippen LogP contribution in [0.15, 0.2) is 58.3 Å². The lowest BCUT2D eigenvalue weighted by Crippen LogP contribution is -2.23. The molecule has 3 rings (SSSR count). The predicted octanol–water partition coefficient (Wildman–Crippen LogP) is 3.15. The average molecular weight is 424 g/mol. The van der Waals surface area contributed by atoms with E-state index in [-0.39, 0.29) is 11.4 Å². The van der Waals surface area contributed by atoms with E-state index in [2.05, 4.69) is 20.9 Å². The number of benzene rings is 1. The number of carboxylic acid groups (broad SMARTS) is 1. The number of aromatic nitrogens is 2. The minimum absolute atomic E-state index is 0.0602. The van der Waals surface area contributed by atoms with Crippen LogP contribution >= 0.6 is 15.9 Å². The molecule has 0 aliphatic carbocycles. The Bertz CT molecular complexity index is 1050. The summed E-state index contributed by atoms with van der Waals surface area (Å²) in [6.07, 6.45) is 3.14. The van der Waals surface area contributed by atoms with Crippen molar-refractivity contribution in [3.63, 3.8) is 0 Å². The van der Waals surface area contributed by atoms with Crippen LogP contribution in [-0.4, -0.2) is 40.5 Å². The summed E-state index contributed by atoms with van der Waals surface area (Å²) in [6.45, 7) is 0.0724. The van der Waals surface area contributed by atoms with E-state index >= 15 is 0 Å². The molecule has 1 aromatic carbocycles. The van der Waals surface area contributed by atoms with Crippen molar-refractivity contribution in [2.24, 2.45) is 0 Å². The molecule has 0 spiro atoms. The van der Waals surface area contributed by atoms with Crippen LogP contribution in [0, 0.1) is 0 Å². The molecule has 7 nitrogen and oxygen atoms in total. The van der Waals surface area contributed by atoms with E-state index in [1.165, 1.54) is 31.7 Å². The number of pyridine rings is 1. The summed E-state index contributed by atoms with van der Waals surface area (Å²) in [7, 11) is -2.42. The molecular weight excluding hydrogens is 410 g/mol. The minimum Gasteiger partial charge on any atom is -0.465 e. The largest absolute Gasteiger partial charge is 0.465 e. The fraction of sp³-hybridized carbons (Fsp3) is 0.125. The van der Waals surface area contributed by atoms with E-state index in [9.17, 15) is 13.2 Å². The molecule has 0 aliphatic heterocycles. The molecule has 130 valence electrons. The summed E-state index contributed by atoms with van der Waals surface area (Å²) in [4.78, 5) is 16.1. The van der Waals surface area contributed by atoms with Gasteiger partial charge >= 0.3 is 6.09 Å². The van der Waals surface area contributed by atoms with Crippen molar-refractivity contribution in [2.75, 3.05) is 7.05 Å². The Morgan fingerprint density at radius 2 is 2.12 bits per heavy atom. The fourth-order valence-corrected chi connectivity index (χ4v) is 4.20. The number of halogens is 1. The number of amides is 1. The molecule has 0 saturated heterocycles.